The van der Waals surface area contributed by atoms with Gasteiger partial charge in [-0.2, -0.15) is 0 Å². The fourth-order valence-electron chi connectivity index (χ4n) is 3.56. The molecule has 1 fully saturated rings. The number of hydrogen-bond acceptors (Lipinski definition) is 4. The van der Waals surface area contributed by atoms with Crippen molar-refractivity contribution in [1.29, 1.82) is 0 Å². The summed E-state index contributed by atoms with van der Waals surface area (Å²) in [6, 6.07) is 20.8. The van der Waals surface area contributed by atoms with Crippen LogP contribution in [0.2, 0.25) is 0 Å². The molecule has 3 aromatic rings. The van der Waals surface area contributed by atoms with E-state index in [9.17, 15) is 13.2 Å². The summed E-state index contributed by atoms with van der Waals surface area (Å²) < 4.78 is 27.5. The molecular formula is C24H25N3O3S. The largest absolute Gasteiger partial charge is 0.372 e. The molecular weight excluding hydrogens is 410 g/mol. The van der Waals surface area contributed by atoms with Gasteiger partial charge in [0.05, 0.1) is 4.90 Å². The molecule has 3 aromatic carbocycles. The molecule has 160 valence electrons. The maximum Gasteiger partial charge on any atom is 0.261 e. The first-order valence-electron chi connectivity index (χ1n) is 10.3. The van der Waals surface area contributed by atoms with Crippen LogP contribution in [-0.2, 0) is 10.0 Å². The number of sulfonamides is 1. The van der Waals surface area contributed by atoms with Crippen molar-refractivity contribution >= 4 is 33.0 Å². The topological polar surface area (TPSA) is 78.5 Å². The van der Waals surface area contributed by atoms with Crippen LogP contribution in [-0.4, -0.2) is 27.4 Å². The van der Waals surface area contributed by atoms with Crippen LogP contribution in [0.4, 0.5) is 17.1 Å². The summed E-state index contributed by atoms with van der Waals surface area (Å²) in [5.74, 6) is -0.248. The Labute approximate surface area is 183 Å². The summed E-state index contributed by atoms with van der Waals surface area (Å²) in [7, 11) is -3.68. The molecule has 0 bridgehead atoms. The molecule has 1 heterocycles. The number of aryl methyl sites for hydroxylation is 1. The Morgan fingerprint density at radius 3 is 2.00 bits per heavy atom. The molecule has 1 aliphatic rings. The number of rotatable bonds is 6. The fraction of sp³-hybridized carbons (Fsp3) is 0.208. The Bertz CT molecular complexity index is 1150. The zero-order valence-electron chi connectivity index (χ0n) is 17.3. The van der Waals surface area contributed by atoms with Gasteiger partial charge in [-0.15, -0.1) is 0 Å². The highest BCUT2D eigenvalue weighted by Gasteiger charge is 2.15. The quantitative estimate of drug-likeness (QED) is 0.591. The van der Waals surface area contributed by atoms with Crippen molar-refractivity contribution in [2.45, 2.75) is 24.7 Å². The van der Waals surface area contributed by atoms with Crippen molar-refractivity contribution in [3.05, 3.63) is 83.9 Å². The first kappa shape index (κ1) is 20.9. The Kier molecular flexibility index (Phi) is 5.95. The lowest BCUT2D eigenvalue weighted by Crippen LogP contribution is -2.17. The van der Waals surface area contributed by atoms with Gasteiger partial charge in [0.15, 0.2) is 0 Å². The minimum absolute atomic E-state index is 0.192. The standard InChI is InChI=1S/C24H25N3O3S/c1-18-4-14-23(15-5-18)31(29,30)26-21-8-6-19(7-9-21)24(28)25-20-10-12-22(13-11-20)27-16-2-3-17-27/h4-15,26H,2-3,16-17H2,1H3,(H,25,28). The van der Waals surface area contributed by atoms with Crippen molar-refractivity contribution < 1.29 is 13.2 Å². The number of carbonyl (C=O) groups is 1. The molecule has 0 saturated carbocycles. The van der Waals surface area contributed by atoms with E-state index in [1.807, 2.05) is 31.2 Å². The Balaban J connectivity index is 1.39. The van der Waals surface area contributed by atoms with Gasteiger partial charge in [0.25, 0.3) is 15.9 Å². The molecule has 0 radical (unpaired) electrons. The summed E-state index contributed by atoms with van der Waals surface area (Å²) >= 11 is 0. The molecule has 7 heteroatoms. The predicted molar refractivity (Wildman–Crippen MR) is 124 cm³/mol. The molecule has 0 atom stereocenters. The maximum absolute atomic E-state index is 12.5. The summed E-state index contributed by atoms with van der Waals surface area (Å²) in [5.41, 5.74) is 3.71. The van der Waals surface area contributed by atoms with Crippen molar-refractivity contribution in [3.8, 4) is 0 Å². The second-order valence-electron chi connectivity index (χ2n) is 7.69. The average molecular weight is 436 g/mol. The van der Waals surface area contributed by atoms with Crippen LogP contribution in [0.15, 0.2) is 77.7 Å². The van der Waals surface area contributed by atoms with E-state index in [1.165, 1.54) is 18.5 Å². The number of amides is 1. The van der Waals surface area contributed by atoms with Gasteiger partial charge in [-0.05, 0) is 80.4 Å². The van der Waals surface area contributed by atoms with Crippen molar-refractivity contribution in [2.24, 2.45) is 0 Å². The highest BCUT2D eigenvalue weighted by molar-refractivity contribution is 7.92. The van der Waals surface area contributed by atoms with Gasteiger partial charge in [0, 0.05) is 35.7 Å². The molecule has 1 saturated heterocycles. The molecule has 2 N–H and O–H groups in total. The van der Waals surface area contributed by atoms with E-state index in [4.69, 9.17) is 0 Å². The van der Waals surface area contributed by atoms with Gasteiger partial charge < -0.3 is 10.2 Å². The first-order chi connectivity index (χ1) is 14.9. The van der Waals surface area contributed by atoms with Crippen molar-refractivity contribution in [1.82, 2.24) is 0 Å². The molecule has 0 aromatic heterocycles. The first-order valence-corrected chi connectivity index (χ1v) is 11.7. The van der Waals surface area contributed by atoms with Crippen LogP contribution in [0.5, 0.6) is 0 Å². The highest BCUT2D eigenvalue weighted by atomic mass is 32.2. The van der Waals surface area contributed by atoms with Gasteiger partial charge in [-0.1, -0.05) is 17.7 Å². The maximum atomic E-state index is 12.5. The van der Waals surface area contributed by atoms with Crippen LogP contribution in [0.1, 0.15) is 28.8 Å². The van der Waals surface area contributed by atoms with Crippen LogP contribution in [0.25, 0.3) is 0 Å². The van der Waals surface area contributed by atoms with Gasteiger partial charge in [-0.3, -0.25) is 9.52 Å². The van der Waals surface area contributed by atoms with E-state index >= 15 is 0 Å². The van der Waals surface area contributed by atoms with Gasteiger partial charge >= 0.3 is 0 Å². The van der Waals surface area contributed by atoms with Crippen LogP contribution in [0.3, 0.4) is 0 Å². The lowest BCUT2D eigenvalue weighted by Gasteiger charge is -2.17. The Morgan fingerprint density at radius 1 is 0.806 bits per heavy atom. The van der Waals surface area contributed by atoms with Gasteiger partial charge in [0.1, 0.15) is 0 Å². The SMILES string of the molecule is Cc1ccc(S(=O)(=O)Nc2ccc(C(=O)Nc3ccc(N4CCCC4)cc3)cc2)cc1. The normalized spacial score (nSPS) is 13.8. The number of nitrogens with one attached hydrogen (secondary N) is 2. The average Bonchev–Trinajstić information content (AvgIpc) is 3.30. The second-order valence-corrected chi connectivity index (χ2v) is 9.37. The molecule has 0 aliphatic carbocycles. The van der Waals surface area contributed by atoms with Crippen molar-refractivity contribution in [2.75, 3.05) is 28.0 Å². The Hall–Kier alpha value is -3.32. The zero-order chi connectivity index (χ0) is 21.8. The minimum Gasteiger partial charge on any atom is -0.372 e. The van der Waals surface area contributed by atoms with Crippen LogP contribution < -0.4 is 14.9 Å². The lowest BCUT2D eigenvalue weighted by atomic mass is 10.2. The number of nitrogens with zero attached hydrogens (tertiary/aromatic N) is 1. The molecule has 0 unspecified atom stereocenters. The second kappa shape index (κ2) is 8.81. The third-order valence-corrected chi connectivity index (χ3v) is 6.72. The lowest BCUT2D eigenvalue weighted by molar-refractivity contribution is 0.102. The summed E-state index contributed by atoms with van der Waals surface area (Å²) in [4.78, 5) is 15.1. The number of carbonyl (C=O) groups excluding carboxylic acids is 1. The third-order valence-electron chi connectivity index (χ3n) is 5.33. The molecule has 1 amide bonds. The predicted octanol–water partition coefficient (Wildman–Crippen LogP) is 4.65. The number of hydrogen-bond donors (Lipinski definition) is 2. The van der Waals surface area contributed by atoms with E-state index in [2.05, 4.69) is 14.9 Å². The molecule has 31 heavy (non-hydrogen) atoms. The van der Waals surface area contributed by atoms with E-state index in [0.717, 1.165) is 24.3 Å². The number of benzene rings is 3. The summed E-state index contributed by atoms with van der Waals surface area (Å²) in [6.45, 7) is 4.05. The summed E-state index contributed by atoms with van der Waals surface area (Å²) in [5, 5.41) is 2.88. The molecule has 1 aliphatic heterocycles. The summed E-state index contributed by atoms with van der Waals surface area (Å²) in [6.07, 6.45) is 2.44. The van der Waals surface area contributed by atoms with E-state index in [-0.39, 0.29) is 10.8 Å². The highest BCUT2D eigenvalue weighted by Crippen LogP contribution is 2.23. The number of anilines is 3. The zero-order valence-corrected chi connectivity index (χ0v) is 18.2. The molecule has 6 nitrogen and oxygen atoms in total. The van der Waals surface area contributed by atoms with Crippen LogP contribution in [0, 0.1) is 6.92 Å². The smallest absolute Gasteiger partial charge is 0.261 e. The van der Waals surface area contributed by atoms with E-state index in [0.29, 0.717) is 11.3 Å². The molecule has 4 rings (SSSR count). The monoisotopic (exact) mass is 435 g/mol. The van der Waals surface area contributed by atoms with Crippen molar-refractivity contribution in [3.63, 3.8) is 0 Å². The Morgan fingerprint density at radius 2 is 1.39 bits per heavy atom. The van der Waals surface area contributed by atoms with Gasteiger partial charge in [0.2, 0.25) is 0 Å². The van der Waals surface area contributed by atoms with E-state index in [1.54, 1.807) is 48.5 Å². The van der Waals surface area contributed by atoms with Crippen LogP contribution >= 0.6 is 0 Å². The van der Waals surface area contributed by atoms with Gasteiger partial charge in [-0.25, -0.2) is 8.42 Å². The molecule has 0 spiro atoms. The fourth-order valence-corrected chi connectivity index (χ4v) is 4.61. The third kappa shape index (κ3) is 5.06. The van der Waals surface area contributed by atoms with E-state index < -0.39 is 10.0 Å². The minimum atomic E-state index is -3.68.